The molecule has 0 aliphatic rings. The lowest BCUT2D eigenvalue weighted by Crippen LogP contribution is -2.25. The minimum Gasteiger partial charge on any atom is -0.491 e. The number of aliphatic hydroxyl groups is 1. The summed E-state index contributed by atoms with van der Waals surface area (Å²) in [7, 11) is 0. The molecule has 0 fully saturated rings. The summed E-state index contributed by atoms with van der Waals surface area (Å²) in [6.07, 6.45) is -0.464. The third kappa shape index (κ3) is 5.49. The van der Waals surface area contributed by atoms with Crippen LogP contribution in [0.25, 0.3) is 0 Å². The van der Waals surface area contributed by atoms with E-state index < -0.39 is 6.10 Å². The smallest absolute Gasteiger partial charge is 0.119 e. The zero-order chi connectivity index (χ0) is 12.0. The van der Waals surface area contributed by atoms with Crippen molar-refractivity contribution in [2.45, 2.75) is 26.1 Å². The van der Waals surface area contributed by atoms with Crippen molar-refractivity contribution in [3.63, 3.8) is 0 Å². The van der Waals surface area contributed by atoms with E-state index in [0.717, 1.165) is 10.2 Å². The predicted octanol–water partition coefficient (Wildman–Crippen LogP) is 2.61. The van der Waals surface area contributed by atoms with Crippen molar-refractivity contribution < 1.29 is 14.6 Å². The number of benzene rings is 1. The Morgan fingerprint density at radius 2 is 1.81 bits per heavy atom. The average Bonchev–Trinajstić information content (AvgIpc) is 2.25. The predicted molar refractivity (Wildman–Crippen MR) is 66.7 cm³/mol. The molecule has 1 aromatic carbocycles. The summed E-state index contributed by atoms with van der Waals surface area (Å²) in [5.41, 5.74) is 0. The summed E-state index contributed by atoms with van der Waals surface area (Å²) in [4.78, 5) is 0. The van der Waals surface area contributed by atoms with E-state index in [1.54, 1.807) is 0 Å². The lowest BCUT2D eigenvalue weighted by atomic mass is 10.3. The molecule has 0 heterocycles. The standard InChI is InChI=1S/C12H17BrO3/c1-9(2)15-7-11(14)8-16-12-5-3-10(13)4-6-12/h3-6,9,11,14H,7-8H2,1-2H3/t11-/m0/s1. The van der Waals surface area contributed by atoms with Crippen molar-refractivity contribution in [2.24, 2.45) is 0 Å². The summed E-state index contributed by atoms with van der Waals surface area (Å²) in [5, 5.41) is 9.55. The normalized spacial score (nSPS) is 12.8. The molecule has 0 amide bonds. The number of hydrogen-bond acceptors (Lipinski definition) is 3. The van der Waals surface area contributed by atoms with Gasteiger partial charge in [-0.2, -0.15) is 0 Å². The minimum atomic E-state index is -0.592. The third-order valence-electron chi connectivity index (χ3n) is 1.88. The van der Waals surface area contributed by atoms with E-state index in [9.17, 15) is 5.11 Å². The molecule has 3 nitrogen and oxygen atoms in total. The Morgan fingerprint density at radius 3 is 2.38 bits per heavy atom. The van der Waals surface area contributed by atoms with Crippen molar-refractivity contribution >= 4 is 15.9 Å². The van der Waals surface area contributed by atoms with Gasteiger partial charge in [0.1, 0.15) is 18.5 Å². The summed E-state index contributed by atoms with van der Waals surface area (Å²) < 4.78 is 11.7. The van der Waals surface area contributed by atoms with Gasteiger partial charge in [-0.05, 0) is 38.1 Å². The molecule has 1 rings (SSSR count). The third-order valence-corrected chi connectivity index (χ3v) is 2.41. The maximum atomic E-state index is 9.55. The molecule has 0 radical (unpaired) electrons. The molecule has 0 aliphatic heterocycles. The van der Waals surface area contributed by atoms with Crippen LogP contribution >= 0.6 is 15.9 Å². The van der Waals surface area contributed by atoms with Crippen LogP contribution in [0.5, 0.6) is 5.75 Å². The molecule has 0 bridgehead atoms. The largest absolute Gasteiger partial charge is 0.491 e. The molecule has 1 atom stereocenters. The molecular weight excluding hydrogens is 272 g/mol. The second-order valence-corrected chi connectivity index (χ2v) is 4.72. The maximum absolute atomic E-state index is 9.55. The van der Waals surface area contributed by atoms with Gasteiger partial charge in [0, 0.05) is 4.47 Å². The van der Waals surface area contributed by atoms with Gasteiger partial charge in [0.15, 0.2) is 0 Å². The highest BCUT2D eigenvalue weighted by atomic mass is 79.9. The molecule has 1 aromatic rings. The molecule has 0 unspecified atom stereocenters. The maximum Gasteiger partial charge on any atom is 0.119 e. The van der Waals surface area contributed by atoms with Gasteiger partial charge in [0.25, 0.3) is 0 Å². The van der Waals surface area contributed by atoms with Crippen LogP contribution in [0.2, 0.25) is 0 Å². The summed E-state index contributed by atoms with van der Waals surface area (Å²) in [6.45, 7) is 4.41. The fraction of sp³-hybridized carbons (Fsp3) is 0.500. The van der Waals surface area contributed by atoms with Gasteiger partial charge in [0.2, 0.25) is 0 Å². The van der Waals surface area contributed by atoms with Crippen LogP contribution in [-0.2, 0) is 4.74 Å². The van der Waals surface area contributed by atoms with Crippen molar-refractivity contribution in [2.75, 3.05) is 13.2 Å². The Morgan fingerprint density at radius 1 is 1.19 bits per heavy atom. The topological polar surface area (TPSA) is 38.7 Å². The van der Waals surface area contributed by atoms with E-state index in [4.69, 9.17) is 9.47 Å². The first kappa shape index (κ1) is 13.5. The summed E-state index contributed by atoms with van der Waals surface area (Å²) >= 11 is 3.34. The Labute approximate surface area is 105 Å². The lowest BCUT2D eigenvalue weighted by molar-refractivity contribution is -0.0122. The second kappa shape index (κ2) is 6.89. The van der Waals surface area contributed by atoms with E-state index in [2.05, 4.69) is 15.9 Å². The molecule has 0 saturated heterocycles. The van der Waals surface area contributed by atoms with Crippen LogP contribution in [-0.4, -0.2) is 30.5 Å². The van der Waals surface area contributed by atoms with Gasteiger partial charge in [-0.25, -0.2) is 0 Å². The SMILES string of the molecule is CC(C)OC[C@H](O)COc1ccc(Br)cc1. The Bertz CT molecular complexity index is 298. The van der Waals surface area contributed by atoms with Gasteiger partial charge in [0.05, 0.1) is 12.7 Å². The van der Waals surface area contributed by atoms with E-state index in [1.165, 1.54) is 0 Å². The Hall–Kier alpha value is -0.580. The van der Waals surface area contributed by atoms with E-state index in [0.29, 0.717) is 6.61 Å². The van der Waals surface area contributed by atoms with Crippen LogP contribution < -0.4 is 4.74 Å². The van der Waals surface area contributed by atoms with Crippen LogP contribution in [0.4, 0.5) is 0 Å². The van der Waals surface area contributed by atoms with E-state index >= 15 is 0 Å². The van der Waals surface area contributed by atoms with E-state index in [1.807, 2.05) is 38.1 Å². The van der Waals surface area contributed by atoms with Crippen LogP contribution in [0, 0.1) is 0 Å². The van der Waals surface area contributed by atoms with Crippen molar-refractivity contribution in [1.82, 2.24) is 0 Å². The molecule has 0 aliphatic carbocycles. The van der Waals surface area contributed by atoms with Gasteiger partial charge in [-0.3, -0.25) is 0 Å². The van der Waals surface area contributed by atoms with Gasteiger partial charge in [-0.15, -0.1) is 0 Å². The minimum absolute atomic E-state index is 0.127. The first-order valence-electron chi connectivity index (χ1n) is 5.26. The molecule has 0 saturated carbocycles. The van der Waals surface area contributed by atoms with Crippen molar-refractivity contribution in [1.29, 1.82) is 0 Å². The number of aliphatic hydroxyl groups excluding tert-OH is 1. The van der Waals surface area contributed by atoms with Crippen LogP contribution in [0.15, 0.2) is 28.7 Å². The molecule has 1 N–H and O–H groups in total. The zero-order valence-electron chi connectivity index (χ0n) is 9.52. The highest BCUT2D eigenvalue weighted by Gasteiger charge is 2.06. The first-order chi connectivity index (χ1) is 7.58. The number of halogens is 1. The molecule has 4 heteroatoms. The number of ether oxygens (including phenoxy) is 2. The first-order valence-corrected chi connectivity index (χ1v) is 6.05. The lowest BCUT2D eigenvalue weighted by Gasteiger charge is -2.14. The fourth-order valence-electron chi connectivity index (χ4n) is 1.07. The average molecular weight is 289 g/mol. The Balaban J connectivity index is 2.26. The summed E-state index contributed by atoms with van der Waals surface area (Å²) in [6, 6.07) is 7.48. The second-order valence-electron chi connectivity index (χ2n) is 3.80. The fourth-order valence-corrected chi connectivity index (χ4v) is 1.34. The molecule has 0 spiro atoms. The number of hydrogen-bond donors (Lipinski definition) is 1. The van der Waals surface area contributed by atoms with Crippen molar-refractivity contribution in [3.05, 3.63) is 28.7 Å². The molecule has 16 heavy (non-hydrogen) atoms. The Kier molecular flexibility index (Phi) is 5.80. The van der Waals surface area contributed by atoms with Crippen molar-refractivity contribution in [3.8, 4) is 5.75 Å². The highest BCUT2D eigenvalue weighted by molar-refractivity contribution is 9.10. The molecular formula is C12H17BrO3. The van der Waals surface area contributed by atoms with Crippen LogP contribution in [0.3, 0.4) is 0 Å². The molecule has 90 valence electrons. The van der Waals surface area contributed by atoms with Gasteiger partial charge in [-0.1, -0.05) is 15.9 Å². The quantitative estimate of drug-likeness (QED) is 0.875. The highest BCUT2D eigenvalue weighted by Crippen LogP contribution is 2.16. The van der Waals surface area contributed by atoms with E-state index in [-0.39, 0.29) is 12.7 Å². The number of rotatable bonds is 6. The summed E-state index contributed by atoms with van der Waals surface area (Å²) in [5.74, 6) is 0.742. The monoisotopic (exact) mass is 288 g/mol. The van der Waals surface area contributed by atoms with Gasteiger partial charge >= 0.3 is 0 Å². The van der Waals surface area contributed by atoms with Crippen LogP contribution in [0.1, 0.15) is 13.8 Å². The van der Waals surface area contributed by atoms with Gasteiger partial charge < -0.3 is 14.6 Å². The molecule has 0 aromatic heterocycles. The zero-order valence-corrected chi connectivity index (χ0v) is 11.1.